The monoisotopic (exact) mass is 448 g/mol. The zero-order valence-electron chi connectivity index (χ0n) is 19.9. The predicted octanol–water partition coefficient (Wildman–Crippen LogP) is 5.63. The Morgan fingerprint density at radius 3 is 2.30 bits per heavy atom. The van der Waals surface area contributed by atoms with Crippen LogP contribution in [0.1, 0.15) is 51.7 Å². The Morgan fingerprint density at radius 2 is 1.64 bits per heavy atom. The third kappa shape index (κ3) is 6.64. The Kier molecular flexibility index (Phi) is 7.85. The predicted molar refractivity (Wildman–Crippen MR) is 131 cm³/mol. The summed E-state index contributed by atoms with van der Waals surface area (Å²) >= 11 is 0. The smallest absolute Gasteiger partial charge is 0.243 e. The summed E-state index contributed by atoms with van der Waals surface area (Å²) in [6, 6.07) is 19.7. The standard InChI is InChI=1S/C28H33FN2O2/c1-5-25(27(33)30-28(2,3)4)31(19-20-13-16-23(29)17-14-20)26(32)18-15-22-11-8-10-21-9-6-7-12-24(21)22/h6-14,16-17,25H,5,15,18-19H2,1-4H3,(H,30,33). The molecule has 0 bridgehead atoms. The van der Waals surface area contributed by atoms with E-state index in [9.17, 15) is 14.0 Å². The van der Waals surface area contributed by atoms with Gasteiger partial charge in [0.2, 0.25) is 11.8 Å². The van der Waals surface area contributed by atoms with Gasteiger partial charge in [-0.3, -0.25) is 9.59 Å². The molecule has 0 aromatic heterocycles. The molecule has 1 atom stereocenters. The first-order valence-electron chi connectivity index (χ1n) is 11.5. The fraction of sp³-hybridized carbons (Fsp3) is 0.357. The quantitative estimate of drug-likeness (QED) is 0.485. The summed E-state index contributed by atoms with van der Waals surface area (Å²) in [5.41, 5.74) is 1.49. The lowest BCUT2D eigenvalue weighted by Gasteiger charge is -2.33. The van der Waals surface area contributed by atoms with E-state index >= 15 is 0 Å². The van der Waals surface area contributed by atoms with Crippen molar-refractivity contribution in [1.29, 1.82) is 0 Å². The first-order chi connectivity index (χ1) is 15.7. The molecule has 3 aromatic rings. The average Bonchev–Trinajstić information content (AvgIpc) is 2.77. The minimum absolute atomic E-state index is 0.0943. The molecular weight excluding hydrogens is 415 g/mol. The van der Waals surface area contributed by atoms with Crippen molar-refractivity contribution >= 4 is 22.6 Å². The number of carbonyl (C=O) groups is 2. The van der Waals surface area contributed by atoms with Crippen LogP contribution < -0.4 is 5.32 Å². The second-order valence-electron chi connectivity index (χ2n) is 9.45. The van der Waals surface area contributed by atoms with Crippen molar-refractivity contribution in [3.05, 3.63) is 83.7 Å². The van der Waals surface area contributed by atoms with Crippen LogP contribution in [0.3, 0.4) is 0 Å². The van der Waals surface area contributed by atoms with Crippen LogP contribution >= 0.6 is 0 Å². The summed E-state index contributed by atoms with van der Waals surface area (Å²) in [7, 11) is 0. The van der Waals surface area contributed by atoms with Gasteiger partial charge >= 0.3 is 0 Å². The van der Waals surface area contributed by atoms with Crippen molar-refractivity contribution in [2.45, 2.75) is 65.1 Å². The molecule has 2 amide bonds. The molecule has 0 heterocycles. The number of nitrogens with zero attached hydrogens (tertiary/aromatic N) is 1. The SMILES string of the molecule is CCC(C(=O)NC(C)(C)C)N(Cc1ccc(F)cc1)C(=O)CCc1cccc2ccccc12. The third-order valence-corrected chi connectivity index (χ3v) is 5.64. The van der Waals surface area contributed by atoms with Gasteiger partial charge in [0.15, 0.2) is 0 Å². The summed E-state index contributed by atoms with van der Waals surface area (Å²) in [5.74, 6) is -0.598. The Hall–Kier alpha value is -3.21. The van der Waals surface area contributed by atoms with Crippen LogP contribution in [0.2, 0.25) is 0 Å². The molecule has 0 aliphatic rings. The van der Waals surface area contributed by atoms with E-state index in [0.717, 1.165) is 21.9 Å². The molecule has 0 radical (unpaired) electrons. The van der Waals surface area contributed by atoms with Crippen LogP contribution in [0.5, 0.6) is 0 Å². The highest BCUT2D eigenvalue weighted by molar-refractivity contribution is 5.89. The highest BCUT2D eigenvalue weighted by Crippen LogP contribution is 2.21. The van der Waals surface area contributed by atoms with E-state index in [1.165, 1.54) is 12.1 Å². The van der Waals surface area contributed by atoms with Crippen molar-refractivity contribution in [3.63, 3.8) is 0 Å². The average molecular weight is 449 g/mol. The van der Waals surface area contributed by atoms with E-state index < -0.39 is 11.6 Å². The largest absolute Gasteiger partial charge is 0.350 e. The molecule has 5 heteroatoms. The highest BCUT2D eigenvalue weighted by atomic mass is 19.1. The number of nitrogens with one attached hydrogen (secondary N) is 1. The van der Waals surface area contributed by atoms with E-state index in [0.29, 0.717) is 12.8 Å². The molecule has 0 saturated carbocycles. The van der Waals surface area contributed by atoms with E-state index in [4.69, 9.17) is 0 Å². The molecular formula is C28H33FN2O2. The van der Waals surface area contributed by atoms with Gasteiger partial charge < -0.3 is 10.2 Å². The first kappa shape index (κ1) is 24.4. The molecule has 174 valence electrons. The van der Waals surface area contributed by atoms with Gasteiger partial charge in [-0.2, -0.15) is 0 Å². The van der Waals surface area contributed by atoms with Gasteiger partial charge in [0.05, 0.1) is 0 Å². The molecule has 1 unspecified atom stereocenters. The van der Waals surface area contributed by atoms with Crippen molar-refractivity contribution in [3.8, 4) is 0 Å². The number of hydrogen-bond donors (Lipinski definition) is 1. The van der Waals surface area contributed by atoms with Crippen LogP contribution in [0.15, 0.2) is 66.7 Å². The van der Waals surface area contributed by atoms with Crippen molar-refractivity contribution < 1.29 is 14.0 Å². The van der Waals surface area contributed by atoms with Crippen molar-refractivity contribution in [2.75, 3.05) is 0 Å². The molecule has 0 fully saturated rings. The summed E-state index contributed by atoms with van der Waals surface area (Å²) < 4.78 is 13.4. The third-order valence-electron chi connectivity index (χ3n) is 5.64. The lowest BCUT2D eigenvalue weighted by molar-refractivity contribution is -0.142. The van der Waals surface area contributed by atoms with E-state index in [-0.39, 0.29) is 30.6 Å². The van der Waals surface area contributed by atoms with Gasteiger partial charge in [0.25, 0.3) is 0 Å². The Balaban J connectivity index is 1.84. The zero-order chi connectivity index (χ0) is 24.0. The molecule has 0 aliphatic carbocycles. The molecule has 0 aliphatic heterocycles. The number of aryl methyl sites for hydroxylation is 1. The second kappa shape index (κ2) is 10.6. The summed E-state index contributed by atoms with van der Waals surface area (Å²) in [4.78, 5) is 28.2. The normalized spacial score (nSPS) is 12.4. The summed E-state index contributed by atoms with van der Waals surface area (Å²) in [6.07, 6.45) is 1.36. The fourth-order valence-corrected chi connectivity index (χ4v) is 4.05. The number of fused-ring (bicyclic) bond motifs is 1. The second-order valence-corrected chi connectivity index (χ2v) is 9.45. The number of carbonyl (C=O) groups excluding carboxylic acids is 2. The highest BCUT2D eigenvalue weighted by Gasteiger charge is 2.30. The van der Waals surface area contributed by atoms with Crippen LogP contribution in [0.25, 0.3) is 10.8 Å². The molecule has 0 saturated heterocycles. The van der Waals surface area contributed by atoms with Crippen LogP contribution in [0.4, 0.5) is 4.39 Å². The fourth-order valence-electron chi connectivity index (χ4n) is 4.05. The van der Waals surface area contributed by atoms with Crippen molar-refractivity contribution in [2.24, 2.45) is 0 Å². The van der Waals surface area contributed by atoms with Gasteiger partial charge in [0.1, 0.15) is 11.9 Å². The number of rotatable bonds is 8. The van der Waals surface area contributed by atoms with Crippen molar-refractivity contribution in [1.82, 2.24) is 10.2 Å². The van der Waals surface area contributed by atoms with Gasteiger partial charge in [0, 0.05) is 18.5 Å². The molecule has 3 aromatic carbocycles. The van der Waals surface area contributed by atoms with E-state index in [1.807, 2.05) is 52.0 Å². The van der Waals surface area contributed by atoms with Crippen LogP contribution in [-0.2, 0) is 22.6 Å². The van der Waals surface area contributed by atoms with E-state index in [2.05, 4.69) is 23.5 Å². The Labute approximate surface area is 195 Å². The summed E-state index contributed by atoms with van der Waals surface area (Å²) in [5, 5.41) is 5.28. The Morgan fingerprint density at radius 1 is 0.970 bits per heavy atom. The van der Waals surface area contributed by atoms with Gasteiger partial charge in [-0.05, 0) is 67.6 Å². The minimum Gasteiger partial charge on any atom is -0.350 e. The van der Waals surface area contributed by atoms with Crippen LogP contribution in [0, 0.1) is 5.82 Å². The Bertz CT molecular complexity index is 1100. The van der Waals surface area contributed by atoms with Gasteiger partial charge in [-0.1, -0.05) is 61.5 Å². The molecule has 33 heavy (non-hydrogen) atoms. The molecule has 0 spiro atoms. The van der Waals surface area contributed by atoms with Gasteiger partial charge in [-0.25, -0.2) is 4.39 Å². The van der Waals surface area contributed by atoms with E-state index in [1.54, 1.807) is 17.0 Å². The molecule has 4 nitrogen and oxygen atoms in total. The lowest BCUT2D eigenvalue weighted by Crippen LogP contribution is -2.53. The minimum atomic E-state index is -0.603. The maximum absolute atomic E-state index is 13.5. The number of halogens is 1. The maximum Gasteiger partial charge on any atom is 0.243 e. The lowest BCUT2D eigenvalue weighted by atomic mass is 10.00. The number of amides is 2. The van der Waals surface area contributed by atoms with Gasteiger partial charge in [-0.15, -0.1) is 0 Å². The molecule has 3 rings (SSSR count). The maximum atomic E-state index is 13.5. The van der Waals surface area contributed by atoms with Crippen LogP contribution in [-0.4, -0.2) is 28.3 Å². The topological polar surface area (TPSA) is 49.4 Å². The summed E-state index contributed by atoms with van der Waals surface area (Å²) in [6.45, 7) is 7.92. The molecule has 1 N–H and O–H groups in total. The first-order valence-corrected chi connectivity index (χ1v) is 11.5. The number of benzene rings is 3. The number of hydrogen-bond acceptors (Lipinski definition) is 2. The zero-order valence-corrected chi connectivity index (χ0v) is 19.9.